The summed E-state index contributed by atoms with van der Waals surface area (Å²) in [6, 6.07) is 5.98. The molecule has 0 aliphatic rings. The van der Waals surface area contributed by atoms with Crippen molar-refractivity contribution in [2.24, 2.45) is 0 Å². The highest BCUT2D eigenvalue weighted by Gasteiger charge is 2.24. The fourth-order valence-corrected chi connectivity index (χ4v) is 2.03. The Kier molecular flexibility index (Phi) is 4.42. The van der Waals surface area contributed by atoms with Gasteiger partial charge in [-0.3, -0.25) is 15.1 Å². The minimum Gasteiger partial charge on any atom is -0.333 e. The second-order valence-electron chi connectivity index (χ2n) is 4.79. The largest absolute Gasteiger partial charge is 0.353 e. The number of aromatic nitrogens is 3. The highest BCUT2D eigenvalue weighted by Crippen LogP contribution is 2.33. The molecule has 126 valence electrons. The van der Waals surface area contributed by atoms with Crippen molar-refractivity contribution in [2.45, 2.75) is 0 Å². The maximum absolute atomic E-state index is 13.8. The fourth-order valence-electron chi connectivity index (χ4n) is 2.03. The molecule has 2 aromatic heterocycles. The number of nitro groups is 1. The maximum atomic E-state index is 13.8. The van der Waals surface area contributed by atoms with Gasteiger partial charge in [0, 0.05) is 12.3 Å². The smallest absolute Gasteiger partial charge is 0.333 e. The standard InChI is InChI=1S/C15H10F2N6O2/c16-9-3-4-11(17)12(6-9)22-15-13(23(24)25)14(19-8-20-15)21-10-2-1-5-18-7-10/h1-8H,(H2,19,20,21,22). The lowest BCUT2D eigenvalue weighted by molar-refractivity contribution is -0.383. The van der Waals surface area contributed by atoms with E-state index in [9.17, 15) is 18.9 Å². The van der Waals surface area contributed by atoms with Crippen molar-refractivity contribution in [2.75, 3.05) is 10.6 Å². The van der Waals surface area contributed by atoms with Gasteiger partial charge in [-0.2, -0.15) is 0 Å². The third kappa shape index (κ3) is 3.63. The molecule has 0 aliphatic carbocycles. The van der Waals surface area contributed by atoms with Gasteiger partial charge in [0.2, 0.25) is 11.6 Å². The van der Waals surface area contributed by atoms with E-state index in [0.717, 1.165) is 24.5 Å². The lowest BCUT2D eigenvalue weighted by Crippen LogP contribution is -2.06. The van der Waals surface area contributed by atoms with E-state index < -0.39 is 22.2 Å². The molecular formula is C15H10F2N6O2. The number of halogens is 2. The number of pyridine rings is 1. The van der Waals surface area contributed by atoms with Crippen LogP contribution >= 0.6 is 0 Å². The Morgan fingerprint density at radius 2 is 1.84 bits per heavy atom. The van der Waals surface area contributed by atoms with Crippen molar-refractivity contribution in [3.63, 3.8) is 0 Å². The normalized spacial score (nSPS) is 10.3. The summed E-state index contributed by atoms with van der Waals surface area (Å²) < 4.78 is 27.1. The van der Waals surface area contributed by atoms with Crippen molar-refractivity contribution in [1.29, 1.82) is 0 Å². The molecular weight excluding hydrogens is 334 g/mol. The second-order valence-corrected chi connectivity index (χ2v) is 4.79. The molecule has 0 amide bonds. The molecule has 0 spiro atoms. The molecule has 0 bridgehead atoms. The van der Waals surface area contributed by atoms with Crippen molar-refractivity contribution in [3.8, 4) is 0 Å². The molecule has 3 rings (SSSR count). The van der Waals surface area contributed by atoms with Gasteiger partial charge in [-0.25, -0.2) is 18.7 Å². The molecule has 2 N–H and O–H groups in total. The minimum atomic E-state index is -0.781. The second kappa shape index (κ2) is 6.83. The van der Waals surface area contributed by atoms with E-state index >= 15 is 0 Å². The molecule has 1 aromatic carbocycles. The molecule has 0 saturated heterocycles. The molecule has 0 saturated carbocycles. The lowest BCUT2D eigenvalue weighted by atomic mass is 10.3. The topological polar surface area (TPSA) is 106 Å². The van der Waals surface area contributed by atoms with Gasteiger partial charge in [0.25, 0.3) is 0 Å². The number of benzene rings is 1. The number of nitrogens with zero attached hydrogens (tertiary/aromatic N) is 4. The Morgan fingerprint density at radius 1 is 1.08 bits per heavy atom. The molecule has 10 heteroatoms. The highest BCUT2D eigenvalue weighted by molar-refractivity contribution is 5.76. The first kappa shape index (κ1) is 16.2. The zero-order chi connectivity index (χ0) is 17.8. The Bertz CT molecular complexity index is 923. The van der Waals surface area contributed by atoms with Crippen LogP contribution < -0.4 is 10.6 Å². The first-order valence-electron chi connectivity index (χ1n) is 6.93. The highest BCUT2D eigenvalue weighted by atomic mass is 19.1. The van der Waals surface area contributed by atoms with Crippen molar-refractivity contribution >= 4 is 28.7 Å². The monoisotopic (exact) mass is 344 g/mol. The molecule has 25 heavy (non-hydrogen) atoms. The van der Waals surface area contributed by atoms with E-state index in [0.29, 0.717) is 5.69 Å². The van der Waals surface area contributed by atoms with Crippen molar-refractivity contribution in [3.05, 3.63) is 70.8 Å². The molecule has 0 unspecified atom stereocenters. The molecule has 8 nitrogen and oxygen atoms in total. The number of anilines is 4. The van der Waals surface area contributed by atoms with E-state index in [1.165, 1.54) is 6.20 Å². The van der Waals surface area contributed by atoms with Gasteiger partial charge in [0.05, 0.1) is 22.5 Å². The zero-order valence-electron chi connectivity index (χ0n) is 12.5. The molecule has 3 aromatic rings. The van der Waals surface area contributed by atoms with Crippen LogP contribution in [0.4, 0.5) is 37.5 Å². The van der Waals surface area contributed by atoms with Crippen molar-refractivity contribution < 1.29 is 13.7 Å². The fraction of sp³-hybridized carbons (Fsp3) is 0. The predicted molar refractivity (Wildman–Crippen MR) is 85.8 cm³/mol. The van der Waals surface area contributed by atoms with Crippen LogP contribution in [0.3, 0.4) is 0 Å². The number of nitrogens with one attached hydrogen (secondary N) is 2. The number of hydrogen-bond acceptors (Lipinski definition) is 7. The van der Waals surface area contributed by atoms with E-state index in [-0.39, 0.29) is 17.3 Å². The van der Waals surface area contributed by atoms with Gasteiger partial charge in [-0.05, 0) is 24.3 Å². The van der Waals surface area contributed by atoms with Gasteiger partial charge in [-0.1, -0.05) is 0 Å². The van der Waals surface area contributed by atoms with E-state index in [1.54, 1.807) is 18.3 Å². The Hall–Kier alpha value is -3.69. The van der Waals surface area contributed by atoms with Crippen LogP contribution in [0.5, 0.6) is 0 Å². The maximum Gasteiger partial charge on any atom is 0.353 e. The molecule has 0 atom stereocenters. The van der Waals surface area contributed by atoms with Crippen LogP contribution in [-0.2, 0) is 0 Å². The summed E-state index contributed by atoms with van der Waals surface area (Å²) in [5, 5.41) is 16.6. The van der Waals surface area contributed by atoms with Crippen LogP contribution in [0.1, 0.15) is 0 Å². The van der Waals surface area contributed by atoms with Gasteiger partial charge in [-0.15, -0.1) is 0 Å². The Labute approximate surface area is 139 Å². The van der Waals surface area contributed by atoms with Gasteiger partial charge < -0.3 is 10.6 Å². The minimum absolute atomic E-state index is 0.118. The third-order valence-corrected chi connectivity index (χ3v) is 3.11. The number of rotatable bonds is 5. The summed E-state index contributed by atoms with van der Waals surface area (Å²) in [6.45, 7) is 0. The van der Waals surface area contributed by atoms with Crippen LogP contribution in [0.2, 0.25) is 0 Å². The predicted octanol–water partition coefficient (Wildman–Crippen LogP) is 3.55. The average molecular weight is 344 g/mol. The summed E-state index contributed by atoms with van der Waals surface area (Å²) in [5.74, 6) is -1.88. The summed E-state index contributed by atoms with van der Waals surface area (Å²) in [7, 11) is 0. The SMILES string of the molecule is O=[N+]([O-])c1c(Nc2cccnc2)ncnc1Nc1cc(F)ccc1F. The van der Waals surface area contributed by atoms with E-state index in [2.05, 4.69) is 25.6 Å². The first-order chi connectivity index (χ1) is 12.0. The van der Waals surface area contributed by atoms with Crippen molar-refractivity contribution in [1.82, 2.24) is 15.0 Å². The van der Waals surface area contributed by atoms with Crippen LogP contribution in [0.25, 0.3) is 0 Å². The third-order valence-electron chi connectivity index (χ3n) is 3.11. The zero-order valence-corrected chi connectivity index (χ0v) is 12.5. The molecule has 0 fully saturated rings. The van der Waals surface area contributed by atoms with Gasteiger partial charge >= 0.3 is 5.69 Å². The molecule has 0 aliphatic heterocycles. The van der Waals surface area contributed by atoms with Crippen LogP contribution in [0.15, 0.2) is 49.1 Å². The van der Waals surface area contributed by atoms with Crippen LogP contribution in [-0.4, -0.2) is 19.9 Å². The summed E-state index contributed by atoms with van der Waals surface area (Å²) in [6.07, 6.45) is 4.05. The van der Waals surface area contributed by atoms with E-state index in [1.807, 2.05) is 0 Å². The quantitative estimate of drug-likeness (QED) is 0.538. The molecule has 0 radical (unpaired) electrons. The Morgan fingerprint density at radius 3 is 2.52 bits per heavy atom. The summed E-state index contributed by atoms with van der Waals surface area (Å²) in [4.78, 5) is 22.2. The van der Waals surface area contributed by atoms with Gasteiger partial charge in [0.1, 0.15) is 18.0 Å². The van der Waals surface area contributed by atoms with Crippen LogP contribution in [0, 0.1) is 21.7 Å². The average Bonchev–Trinajstić information content (AvgIpc) is 2.59. The molecule has 2 heterocycles. The number of hydrogen-bond donors (Lipinski definition) is 2. The summed E-state index contributed by atoms with van der Waals surface area (Å²) >= 11 is 0. The van der Waals surface area contributed by atoms with E-state index in [4.69, 9.17) is 0 Å². The lowest BCUT2D eigenvalue weighted by Gasteiger charge is -2.10. The Balaban J connectivity index is 2.01. The summed E-state index contributed by atoms with van der Waals surface area (Å²) in [5.41, 5.74) is -0.337. The van der Waals surface area contributed by atoms with Gasteiger partial charge in [0.15, 0.2) is 0 Å². The first-order valence-corrected chi connectivity index (χ1v) is 6.93.